The lowest BCUT2D eigenvalue weighted by Gasteiger charge is -2.39. The van der Waals surface area contributed by atoms with Crippen LogP contribution in [0.4, 0.5) is 0 Å². The summed E-state index contributed by atoms with van der Waals surface area (Å²) in [4.78, 5) is 19.5. The highest BCUT2D eigenvalue weighted by Crippen LogP contribution is 2.35. The zero-order valence-corrected chi connectivity index (χ0v) is 21.5. The van der Waals surface area contributed by atoms with E-state index in [4.69, 9.17) is 11.6 Å². The summed E-state index contributed by atoms with van der Waals surface area (Å²) in [7, 11) is 0. The molecule has 2 aromatic rings. The highest BCUT2D eigenvalue weighted by Gasteiger charge is 2.35. The number of nitriles is 1. The first kappa shape index (κ1) is 23.8. The van der Waals surface area contributed by atoms with Crippen LogP contribution in [0.3, 0.4) is 0 Å². The van der Waals surface area contributed by atoms with Crippen molar-refractivity contribution in [3.05, 3.63) is 94.3 Å². The van der Waals surface area contributed by atoms with Gasteiger partial charge in [-0.05, 0) is 48.3 Å². The molecule has 6 rings (SSSR count). The highest BCUT2D eigenvalue weighted by molar-refractivity contribution is 6.30. The van der Waals surface area contributed by atoms with Gasteiger partial charge in [0.1, 0.15) is 6.17 Å². The summed E-state index contributed by atoms with van der Waals surface area (Å²) in [5.74, 6) is 0.602. The zero-order valence-electron chi connectivity index (χ0n) is 20.7. The molecule has 3 aliphatic heterocycles. The van der Waals surface area contributed by atoms with Gasteiger partial charge < -0.3 is 15.1 Å². The average Bonchev–Trinajstić information content (AvgIpc) is 3.26. The van der Waals surface area contributed by atoms with Crippen molar-refractivity contribution in [3.63, 3.8) is 0 Å². The third-order valence-corrected chi connectivity index (χ3v) is 8.18. The molecule has 6 nitrogen and oxygen atoms in total. The molecule has 188 valence electrons. The number of amides is 1. The first-order valence-electron chi connectivity index (χ1n) is 13.1. The molecule has 0 radical (unpaired) electrons. The van der Waals surface area contributed by atoms with E-state index in [2.05, 4.69) is 56.6 Å². The Morgan fingerprint density at radius 3 is 2.51 bits per heavy atom. The molecule has 1 unspecified atom stereocenters. The molecule has 1 atom stereocenters. The summed E-state index contributed by atoms with van der Waals surface area (Å²) < 4.78 is 0. The van der Waals surface area contributed by atoms with Gasteiger partial charge in [0, 0.05) is 55.4 Å². The normalized spacial score (nSPS) is 21.7. The topological polar surface area (TPSA) is 62.6 Å². The van der Waals surface area contributed by atoms with Crippen LogP contribution in [-0.4, -0.2) is 59.5 Å². The van der Waals surface area contributed by atoms with Crippen molar-refractivity contribution < 1.29 is 4.79 Å². The molecule has 1 saturated heterocycles. The first-order chi connectivity index (χ1) is 18.1. The summed E-state index contributed by atoms with van der Waals surface area (Å²) in [6.07, 6.45) is 9.69. The number of hydrogen-bond acceptors (Lipinski definition) is 5. The molecule has 2 fully saturated rings. The van der Waals surface area contributed by atoms with Crippen LogP contribution in [0.2, 0.25) is 5.02 Å². The molecule has 0 bridgehead atoms. The summed E-state index contributed by atoms with van der Waals surface area (Å²) >= 11 is 6.19. The number of nitrogens with zero attached hydrogens (tertiary/aromatic N) is 4. The van der Waals surface area contributed by atoms with Crippen molar-refractivity contribution in [1.82, 2.24) is 20.0 Å². The number of rotatable bonds is 5. The van der Waals surface area contributed by atoms with Crippen molar-refractivity contribution in [2.45, 2.75) is 25.4 Å². The second-order valence-electron chi connectivity index (χ2n) is 10.2. The van der Waals surface area contributed by atoms with E-state index in [1.54, 1.807) is 0 Å². The maximum absolute atomic E-state index is 12.7. The lowest BCUT2D eigenvalue weighted by molar-refractivity contribution is -0.139. The molecule has 1 amide bonds. The van der Waals surface area contributed by atoms with E-state index in [-0.39, 0.29) is 12.1 Å². The van der Waals surface area contributed by atoms with E-state index in [1.165, 1.54) is 12.1 Å². The highest BCUT2D eigenvalue weighted by atomic mass is 35.5. The monoisotopic (exact) mass is 511 g/mol. The van der Waals surface area contributed by atoms with Crippen LogP contribution in [0.15, 0.2) is 72.6 Å². The predicted molar refractivity (Wildman–Crippen MR) is 146 cm³/mol. The zero-order chi connectivity index (χ0) is 25.4. The second kappa shape index (κ2) is 10.1. The predicted octanol–water partition coefficient (Wildman–Crippen LogP) is 4.67. The molecule has 1 saturated carbocycles. The van der Waals surface area contributed by atoms with Gasteiger partial charge in [0.2, 0.25) is 5.91 Å². The summed E-state index contributed by atoms with van der Waals surface area (Å²) in [5, 5.41) is 14.1. The second-order valence-corrected chi connectivity index (χ2v) is 10.6. The number of benzene rings is 2. The first-order valence-corrected chi connectivity index (χ1v) is 13.4. The third kappa shape index (κ3) is 4.66. The minimum atomic E-state index is 0.000148. The molecular formula is C30H30ClN5O. The van der Waals surface area contributed by atoms with Gasteiger partial charge in [-0.15, -0.1) is 0 Å². The van der Waals surface area contributed by atoms with Crippen molar-refractivity contribution in [1.29, 1.82) is 5.26 Å². The number of carbonyl (C=O) groups is 1. The number of carbonyl (C=O) groups excluding carboxylic acids is 1. The minimum absolute atomic E-state index is 0.000148. The Hall–Kier alpha value is -3.53. The Balaban J connectivity index is 1.28. The van der Waals surface area contributed by atoms with E-state index in [0.717, 1.165) is 68.0 Å². The fraction of sp³-hybridized carbons (Fsp3) is 0.333. The molecule has 1 N–H and O–H groups in total. The smallest absolute Gasteiger partial charge is 0.225 e. The number of fused-ring (bicyclic) bond motifs is 1. The average molecular weight is 512 g/mol. The minimum Gasteiger partial charge on any atom is -0.360 e. The van der Waals surface area contributed by atoms with Crippen molar-refractivity contribution >= 4 is 28.8 Å². The molecule has 7 heteroatoms. The quantitative estimate of drug-likeness (QED) is 0.632. The van der Waals surface area contributed by atoms with Gasteiger partial charge in [0.25, 0.3) is 0 Å². The van der Waals surface area contributed by atoms with E-state index < -0.39 is 0 Å². The van der Waals surface area contributed by atoms with Gasteiger partial charge >= 0.3 is 0 Å². The Morgan fingerprint density at radius 1 is 1.05 bits per heavy atom. The fourth-order valence-electron chi connectivity index (χ4n) is 5.55. The Morgan fingerprint density at radius 2 is 1.81 bits per heavy atom. The lowest BCUT2D eigenvalue weighted by Crippen LogP contribution is -2.51. The molecule has 2 aromatic carbocycles. The summed E-state index contributed by atoms with van der Waals surface area (Å²) in [5.41, 5.74) is 5.98. The fourth-order valence-corrected chi connectivity index (χ4v) is 5.68. The summed E-state index contributed by atoms with van der Waals surface area (Å²) in [6.45, 7) is 4.05. The summed E-state index contributed by atoms with van der Waals surface area (Å²) in [6, 6.07) is 18.0. The molecular weight excluding hydrogens is 482 g/mol. The largest absolute Gasteiger partial charge is 0.360 e. The van der Waals surface area contributed by atoms with E-state index in [9.17, 15) is 10.1 Å². The van der Waals surface area contributed by atoms with Gasteiger partial charge in [-0.2, -0.15) is 5.26 Å². The van der Waals surface area contributed by atoms with Gasteiger partial charge in [0.15, 0.2) is 0 Å². The van der Waals surface area contributed by atoms with Gasteiger partial charge in [0.05, 0.1) is 23.0 Å². The maximum atomic E-state index is 12.7. The van der Waals surface area contributed by atoms with Gasteiger partial charge in [-0.3, -0.25) is 9.69 Å². The number of halogens is 1. The molecule has 37 heavy (non-hydrogen) atoms. The van der Waals surface area contributed by atoms with Gasteiger partial charge in [-0.1, -0.05) is 54.4 Å². The Bertz CT molecular complexity index is 1330. The molecule has 1 aliphatic carbocycles. The number of hydrogen-bond donors (Lipinski definition) is 1. The standard InChI is InChI=1S/C30H30ClN5O/c31-25-11-8-21(9-12-25)29-27(20-34-14-16-35(17-15-34)30(37)22-5-3-6-22)36-19-24(10-13-28(36)33-29)26-7-2-1-4-23(26)18-32/h1-2,4,7-13,19,22,28,33H,3,5-6,14-17,20H2. The number of nitrogens with one attached hydrogen (secondary N) is 1. The van der Waals surface area contributed by atoms with Crippen LogP contribution >= 0.6 is 11.6 Å². The van der Waals surface area contributed by atoms with Crippen molar-refractivity contribution in [2.75, 3.05) is 32.7 Å². The molecule has 4 aliphatic rings. The molecule has 3 heterocycles. The van der Waals surface area contributed by atoms with Crippen molar-refractivity contribution in [3.8, 4) is 6.07 Å². The van der Waals surface area contributed by atoms with E-state index >= 15 is 0 Å². The molecule has 0 aromatic heterocycles. The Kier molecular flexibility index (Phi) is 6.50. The SMILES string of the molecule is N#Cc1ccccc1C1=CN2C(CN3CCN(C(=O)C4CCC4)CC3)=C(c3ccc(Cl)cc3)NC2C=C1. The van der Waals surface area contributed by atoms with Crippen LogP contribution in [-0.2, 0) is 4.79 Å². The molecule has 0 spiro atoms. The van der Waals surface area contributed by atoms with Crippen LogP contribution < -0.4 is 5.32 Å². The van der Waals surface area contributed by atoms with Crippen LogP contribution in [0.1, 0.15) is 36.0 Å². The van der Waals surface area contributed by atoms with Crippen LogP contribution in [0.25, 0.3) is 11.3 Å². The van der Waals surface area contributed by atoms with Crippen molar-refractivity contribution in [2.24, 2.45) is 5.92 Å². The lowest BCUT2D eigenvalue weighted by atomic mass is 9.84. The third-order valence-electron chi connectivity index (χ3n) is 7.93. The van der Waals surface area contributed by atoms with E-state index in [1.807, 2.05) is 36.4 Å². The number of piperazine rings is 1. The Labute approximate surface area is 223 Å². The van der Waals surface area contributed by atoms with E-state index in [0.29, 0.717) is 16.5 Å². The van der Waals surface area contributed by atoms with Crippen LogP contribution in [0, 0.1) is 17.2 Å². The van der Waals surface area contributed by atoms with Gasteiger partial charge in [-0.25, -0.2) is 0 Å². The maximum Gasteiger partial charge on any atom is 0.225 e. The van der Waals surface area contributed by atoms with Crippen LogP contribution in [0.5, 0.6) is 0 Å². The number of allylic oxidation sites excluding steroid dienone is 2.